The molecule has 0 radical (unpaired) electrons. The third-order valence-electron chi connectivity index (χ3n) is 1.72. The molecule has 0 unspecified atom stereocenters. The molecule has 0 atom stereocenters. The van der Waals surface area contributed by atoms with Crippen LogP contribution in [-0.4, -0.2) is 5.16 Å². The van der Waals surface area contributed by atoms with E-state index in [1.807, 2.05) is 0 Å². The number of hydrogen-bond donors (Lipinski definition) is 1. The SMILES string of the molecule is Nc1noc2c(Br)c(Br)c(Br)c(Br)c12. The van der Waals surface area contributed by atoms with E-state index in [1.165, 1.54) is 0 Å². The maximum absolute atomic E-state index is 5.67. The summed E-state index contributed by atoms with van der Waals surface area (Å²) in [6.45, 7) is 0. The van der Waals surface area contributed by atoms with Gasteiger partial charge in [-0.2, -0.15) is 0 Å². The van der Waals surface area contributed by atoms with Gasteiger partial charge in [0.15, 0.2) is 11.4 Å². The lowest BCUT2D eigenvalue weighted by atomic mass is 10.2. The van der Waals surface area contributed by atoms with Crippen LogP contribution >= 0.6 is 63.7 Å². The fraction of sp³-hybridized carbons (Fsp3) is 0. The Kier molecular flexibility index (Phi) is 2.94. The number of anilines is 1. The molecule has 1 aromatic heterocycles. The van der Waals surface area contributed by atoms with E-state index >= 15 is 0 Å². The van der Waals surface area contributed by atoms with Crippen molar-refractivity contribution in [2.75, 3.05) is 5.73 Å². The number of halogens is 4. The van der Waals surface area contributed by atoms with Gasteiger partial charge in [0.05, 0.1) is 14.3 Å². The van der Waals surface area contributed by atoms with Crippen LogP contribution in [-0.2, 0) is 0 Å². The molecule has 0 fully saturated rings. The van der Waals surface area contributed by atoms with Gasteiger partial charge in [-0.05, 0) is 63.7 Å². The zero-order valence-corrected chi connectivity index (χ0v) is 12.8. The summed E-state index contributed by atoms with van der Waals surface area (Å²) in [5, 5.41) is 4.46. The summed E-state index contributed by atoms with van der Waals surface area (Å²) in [5.74, 6) is 0.362. The zero-order valence-electron chi connectivity index (χ0n) is 6.44. The molecule has 0 aliphatic heterocycles. The lowest BCUT2D eigenvalue weighted by molar-refractivity contribution is 0.459. The van der Waals surface area contributed by atoms with Crippen molar-refractivity contribution in [2.45, 2.75) is 0 Å². The van der Waals surface area contributed by atoms with E-state index in [0.717, 1.165) is 23.3 Å². The standard InChI is InChI=1S/C7H2Br4N2O/c8-2-1-6(14-13-7(1)12)5(11)4(10)3(2)9/h(H2,12,13). The van der Waals surface area contributed by atoms with Crippen LogP contribution < -0.4 is 5.73 Å². The third-order valence-corrected chi connectivity index (χ3v) is 6.45. The normalized spacial score (nSPS) is 11.1. The summed E-state index contributed by atoms with van der Waals surface area (Å²) in [5.41, 5.74) is 6.29. The lowest BCUT2D eigenvalue weighted by Gasteiger charge is -2.03. The van der Waals surface area contributed by atoms with Crippen LogP contribution in [0, 0.1) is 0 Å². The molecule has 1 heterocycles. The number of nitrogens with zero attached hydrogens (tertiary/aromatic N) is 1. The van der Waals surface area contributed by atoms with Gasteiger partial charge < -0.3 is 10.3 Å². The van der Waals surface area contributed by atoms with Crippen LogP contribution in [0.25, 0.3) is 11.0 Å². The van der Waals surface area contributed by atoms with Crippen LogP contribution in [0.15, 0.2) is 22.4 Å². The van der Waals surface area contributed by atoms with Gasteiger partial charge in [0.25, 0.3) is 0 Å². The maximum atomic E-state index is 5.67. The predicted octanol–water partition coefficient (Wildman–Crippen LogP) is 4.46. The molecule has 2 N–H and O–H groups in total. The van der Waals surface area contributed by atoms with E-state index < -0.39 is 0 Å². The summed E-state index contributed by atoms with van der Waals surface area (Å²) >= 11 is 13.6. The summed E-state index contributed by atoms with van der Waals surface area (Å²) in [7, 11) is 0. The Morgan fingerprint density at radius 1 is 0.929 bits per heavy atom. The summed E-state index contributed by atoms with van der Waals surface area (Å²) in [4.78, 5) is 0. The number of nitrogens with two attached hydrogens (primary N) is 1. The van der Waals surface area contributed by atoms with Crippen molar-refractivity contribution >= 4 is 80.5 Å². The second-order valence-electron chi connectivity index (χ2n) is 2.53. The fourth-order valence-electron chi connectivity index (χ4n) is 1.07. The van der Waals surface area contributed by atoms with Gasteiger partial charge in [0.1, 0.15) is 0 Å². The topological polar surface area (TPSA) is 52.0 Å². The van der Waals surface area contributed by atoms with Crippen molar-refractivity contribution in [3.63, 3.8) is 0 Å². The minimum atomic E-state index is 0.362. The first-order chi connectivity index (χ1) is 6.54. The Balaban J connectivity index is 3.05. The van der Waals surface area contributed by atoms with Gasteiger partial charge in [-0.25, -0.2) is 0 Å². The molecule has 74 valence electrons. The summed E-state index contributed by atoms with van der Waals surface area (Å²) in [6.07, 6.45) is 0. The molecule has 0 saturated carbocycles. The van der Waals surface area contributed by atoms with E-state index in [2.05, 4.69) is 68.9 Å². The van der Waals surface area contributed by atoms with Crippen molar-refractivity contribution in [2.24, 2.45) is 0 Å². The smallest absolute Gasteiger partial charge is 0.185 e. The van der Waals surface area contributed by atoms with E-state index in [0.29, 0.717) is 11.4 Å². The average molecular weight is 450 g/mol. The second kappa shape index (κ2) is 3.77. The summed E-state index contributed by atoms with van der Waals surface area (Å²) in [6, 6.07) is 0. The van der Waals surface area contributed by atoms with Gasteiger partial charge in [0, 0.05) is 8.95 Å². The van der Waals surface area contributed by atoms with Crippen molar-refractivity contribution in [1.29, 1.82) is 0 Å². The monoisotopic (exact) mass is 446 g/mol. The van der Waals surface area contributed by atoms with Gasteiger partial charge in [-0.1, -0.05) is 5.16 Å². The Morgan fingerprint density at radius 2 is 1.50 bits per heavy atom. The molecular formula is C7H2Br4N2O. The molecule has 7 heteroatoms. The van der Waals surface area contributed by atoms with Crippen LogP contribution in [0.1, 0.15) is 0 Å². The van der Waals surface area contributed by atoms with Crippen LogP contribution in [0.5, 0.6) is 0 Å². The molecule has 2 aromatic rings. The Morgan fingerprint density at radius 3 is 2.14 bits per heavy atom. The predicted molar refractivity (Wildman–Crippen MR) is 69.2 cm³/mol. The van der Waals surface area contributed by atoms with Gasteiger partial charge in [0.2, 0.25) is 0 Å². The first-order valence-corrected chi connectivity index (χ1v) is 6.58. The molecule has 0 aliphatic carbocycles. The maximum Gasteiger partial charge on any atom is 0.185 e. The highest BCUT2D eigenvalue weighted by Crippen LogP contribution is 2.45. The highest BCUT2D eigenvalue weighted by atomic mass is 79.9. The third kappa shape index (κ3) is 1.45. The molecule has 14 heavy (non-hydrogen) atoms. The van der Waals surface area contributed by atoms with E-state index in [-0.39, 0.29) is 0 Å². The molecule has 0 amide bonds. The number of rotatable bonds is 0. The molecule has 0 saturated heterocycles. The molecule has 0 spiro atoms. The first-order valence-electron chi connectivity index (χ1n) is 3.40. The van der Waals surface area contributed by atoms with Crippen molar-refractivity contribution in [1.82, 2.24) is 5.16 Å². The van der Waals surface area contributed by atoms with Crippen molar-refractivity contribution in [3.05, 3.63) is 17.9 Å². The number of nitrogen functional groups attached to an aromatic ring is 1. The van der Waals surface area contributed by atoms with Gasteiger partial charge in [-0.15, -0.1) is 0 Å². The Bertz CT molecular complexity index is 522. The second-order valence-corrected chi connectivity index (χ2v) is 5.70. The van der Waals surface area contributed by atoms with Gasteiger partial charge in [-0.3, -0.25) is 0 Å². The number of fused-ring (bicyclic) bond motifs is 1. The molecule has 2 rings (SSSR count). The lowest BCUT2D eigenvalue weighted by Crippen LogP contribution is -1.86. The van der Waals surface area contributed by atoms with E-state index in [1.54, 1.807) is 0 Å². The molecule has 3 nitrogen and oxygen atoms in total. The Hall–Kier alpha value is 0.410. The number of aromatic nitrogens is 1. The van der Waals surface area contributed by atoms with E-state index in [9.17, 15) is 0 Å². The quantitative estimate of drug-likeness (QED) is 0.477. The van der Waals surface area contributed by atoms with Crippen molar-refractivity contribution in [3.8, 4) is 0 Å². The van der Waals surface area contributed by atoms with Crippen molar-refractivity contribution < 1.29 is 4.52 Å². The number of hydrogen-bond acceptors (Lipinski definition) is 3. The molecule has 0 bridgehead atoms. The molecule has 1 aromatic carbocycles. The van der Waals surface area contributed by atoms with Crippen LogP contribution in [0.4, 0.5) is 5.82 Å². The van der Waals surface area contributed by atoms with E-state index in [4.69, 9.17) is 10.3 Å². The van der Waals surface area contributed by atoms with Gasteiger partial charge >= 0.3 is 0 Å². The zero-order chi connectivity index (χ0) is 10.5. The average Bonchev–Trinajstić information content (AvgIpc) is 2.54. The number of benzene rings is 1. The highest BCUT2D eigenvalue weighted by Gasteiger charge is 2.19. The molecular weight excluding hydrogens is 448 g/mol. The highest BCUT2D eigenvalue weighted by molar-refractivity contribution is 9.15. The Labute approximate surface area is 113 Å². The van der Waals surface area contributed by atoms with Crippen LogP contribution in [0.2, 0.25) is 0 Å². The largest absolute Gasteiger partial charge is 0.380 e. The first kappa shape index (κ1) is 10.9. The minimum Gasteiger partial charge on any atom is -0.380 e. The molecule has 0 aliphatic rings. The van der Waals surface area contributed by atoms with Crippen LogP contribution in [0.3, 0.4) is 0 Å². The fourth-order valence-corrected chi connectivity index (χ4v) is 3.42. The minimum absolute atomic E-state index is 0.362. The summed E-state index contributed by atoms with van der Waals surface area (Å²) < 4.78 is 8.42.